The van der Waals surface area contributed by atoms with E-state index >= 15 is 0 Å². The van der Waals surface area contributed by atoms with Crippen LogP contribution in [0.4, 0.5) is 0 Å². The molecule has 0 aromatic heterocycles. The second kappa shape index (κ2) is 5.27. The summed E-state index contributed by atoms with van der Waals surface area (Å²) >= 11 is 0. The van der Waals surface area contributed by atoms with E-state index < -0.39 is 7.14 Å². The third-order valence-corrected chi connectivity index (χ3v) is 10.1. The summed E-state index contributed by atoms with van der Waals surface area (Å²) in [6.07, 6.45) is 0. The fourth-order valence-corrected chi connectivity index (χ4v) is 8.45. The van der Waals surface area contributed by atoms with Crippen molar-refractivity contribution < 1.29 is 4.57 Å². The first-order valence-electron chi connectivity index (χ1n) is 9.68. The maximum absolute atomic E-state index is 14.9. The molecule has 3 aromatic rings. The summed E-state index contributed by atoms with van der Waals surface area (Å²) in [7, 11) is -2.84. The molecule has 0 fully saturated rings. The molecule has 0 radical (unpaired) electrons. The van der Waals surface area contributed by atoms with Crippen LogP contribution in [0.15, 0.2) is 36.4 Å². The van der Waals surface area contributed by atoms with Crippen molar-refractivity contribution in [1.82, 2.24) is 0 Å². The highest BCUT2D eigenvalue weighted by Crippen LogP contribution is 2.46. The summed E-state index contributed by atoms with van der Waals surface area (Å²) in [6.45, 7) is 13.1. The van der Waals surface area contributed by atoms with Gasteiger partial charge in [0.2, 0.25) is 6.71 Å². The van der Waals surface area contributed by atoms with Crippen LogP contribution in [0.5, 0.6) is 0 Å². The number of hydrogen-bond acceptors (Lipinski definition) is 1. The first-order chi connectivity index (χ1) is 12.7. The molecule has 3 aliphatic heterocycles. The largest absolute Gasteiger partial charge is 0.309 e. The first kappa shape index (κ1) is 17.1. The monoisotopic (exact) mass is 370 g/mol. The van der Waals surface area contributed by atoms with Crippen molar-refractivity contribution in [3.8, 4) is 0 Å². The molecule has 0 unspecified atom stereocenters. The zero-order valence-corrected chi connectivity index (χ0v) is 17.8. The Morgan fingerprint density at radius 2 is 0.778 bits per heavy atom. The second-order valence-electron chi connectivity index (χ2n) is 8.53. The van der Waals surface area contributed by atoms with Gasteiger partial charge in [-0.25, -0.2) is 0 Å². The second-order valence-corrected chi connectivity index (χ2v) is 11.2. The SMILES string of the molecule is Cc1cc2c(cc1C)P1(=O)c3cc(C)c(C)cc3B2c2cc(C)c(C)cc21. The van der Waals surface area contributed by atoms with Crippen molar-refractivity contribution in [2.75, 3.05) is 0 Å². The van der Waals surface area contributed by atoms with E-state index in [4.69, 9.17) is 0 Å². The minimum absolute atomic E-state index is 0.193. The standard InChI is InChI=1S/C24H24BOP/c1-13-7-19-22(10-16(13)4)27(26)23-11-17(5)14(2)8-20(23)25(19)21-9-15(3)18(6)12-24(21)27/h7-12H,1-6H3. The Bertz CT molecular complexity index is 1070. The average molecular weight is 370 g/mol. The highest BCUT2D eigenvalue weighted by Gasteiger charge is 2.50. The zero-order chi connectivity index (χ0) is 19.2. The summed E-state index contributed by atoms with van der Waals surface area (Å²) in [5.74, 6) is 0. The van der Waals surface area contributed by atoms with Crippen molar-refractivity contribution in [1.29, 1.82) is 0 Å². The smallest absolute Gasteiger partial charge is 0.244 e. The van der Waals surface area contributed by atoms with Gasteiger partial charge in [0.05, 0.1) is 0 Å². The molecule has 3 heterocycles. The Kier molecular flexibility index (Phi) is 3.33. The van der Waals surface area contributed by atoms with Crippen LogP contribution in [-0.4, -0.2) is 6.71 Å². The normalized spacial score (nSPS) is 15.4. The summed E-state index contributed by atoms with van der Waals surface area (Å²) in [5, 5.41) is 3.21. The predicted octanol–water partition coefficient (Wildman–Crippen LogP) is 2.32. The van der Waals surface area contributed by atoms with Gasteiger partial charge in [0.25, 0.3) is 0 Å². The summed E-state index contributed by atoms with van der Waals surface area (Å²) in [5.41, 5.74) is 11.3. The van der Waals surface area contributed by atoms with E-state index in [0.29, 0.717) is 0 Å². The number of hydrogen-bond donors (Lipinski definition) is 0. The van der Waals surface area contributed by atoms with E-state index in [2.05, 4.69) is 77.9 Å². The molecule has 134 valence electrons. The van der Waals surface area contributed by atoms with Gasteiger partial charge in [0.15, 0.2) is 7.14 Å². The lowest BCUT2D eigenvalue weighted by atomic mass is 9.36. The van der Waals surface area contributed by atoms with E-state index in [-0.39, 0.29) is 6.71 Å². The summed E-state index contributed by atoms with van der Waals surface area (Å²) in [6, 6.07) is 13.5. The van der Waals surface area contributed by atoms with Gasteiger partial charge in [0.1, 0.15) is 0 Å². The molecule has 3 aromatic carbocycles. The van der Waals surface area contributed by atoms with Gasteiger partial charge in [0, 0.05) is 15.9 Å². The van der Waals surface area contributed by atoms with Crippen LogP contribution in [0.3, 0.4) is 0 Å². The molecule has 0 atom stereocenters. The van der Waals surface area contributed by atoms with Crippen molar-refractivity contribution in [3.05, 3.63) is 69.8 Å². The van der Waals surface area contributed by atoms with Crippen LogP contribution in [-0.2, 0) is 4.57 Å². The lowest BCUT2D eigenvalue weighted by Gasteiger charge is -2.42. The number of aryl methyl sites for hydroxylation is 6. The minimum Gasteiger partial charge on any atom is -0.309 e. The van der Waals surface area contributed by atoms with Crippen LogP contribution in [0, 0.1) is 41.5 Å². The lowest BCUT2D eigenvalue weighted by molar-refractivity contribution is 0.592. The Hall–Kier alpha value is -2.05. The van der Waals surface area contributed by atoms with E-state index in [1.165, 1.54) is 49.8 Å². The molecule has 0 saturated carbocycles. The highest BCUT2D eigenvalue weighted by molar-refractivity contribution is 7.88. The number of benzene rings is 3. The predicted molar refractivity (Wildman–Crippen MR) is 119 cm³/mol. The van der Waals surface area contributed by atoms with Gasteiger partial charge in [-0.2, -0.15) is 0 Å². The third-order valence-electron chi connectivity index (χ3n) is 6.88. The molecule has 27 heavy (non-hydrogen) atoms. The molecule has 3 aliphatic rings. The van der Waals surface area contributed by atoms with Gasteiger partial charge in [-0.1, -0.05) is 34.6 Å². The van der Waals surface area contributed by atoms with Gasteiger partial charge in [-0.3, -0.25) is 0 Å². The Labute approximate surface area is 162 Å². The summed E-state index contributed by atoms with van der Waals surface area (Å²) in [4.78, 5) is 0. The lowest BCUT2D eigenvalue weighted by Crippen LogP contribution is -2.73. The van der Waals surface area contributed by atoms with Gasteiger partial charge < -0.3 is 4.57 Å². The van der Waals surface area contributed by atoms with Crippen LogP contribution in [0.2, 0.25) is 0 Å². The van der Waals surface area contributed by atoms with E-state index in [1.807, 2.05) is 0 Å². The van der Waals surface area contributed by atoms with Crippen molar-refractivity contribution in [2.45, 2.75) is 41.5 Å². The van der Waals surface area contributed by atoms with Crippen LogP contribution >= 0.6 is 7.14 Å². The highest BCUT2D eigenvalue weighted by atomic mass is 31.2. The van der Waals surface area contributed by atoms with Crippen molar-refractivity contribution >= 4 is 46.2 Å². The Balaban J connectivity index is 1.99. The molecule has 0 amide bonds. The van der Waals surface area contributed by atoms with Crippen molar-refractivity contribution in [2.24, 2.45) is 0 Å². The molecular weight excluding hydrogens is 346 g/mol. The molecule has 3 heteroatoms. The molecule has 0 aliphatic carbocycles. The zero-order valence-electron chi connectivity index (χ0n) is 16.9. The number of rotatable bonds is 0. The van der Waals surface area contributed by atoms with E-state index in [1.54, 1.807) is 0 Å². The Morgan fingerprint density at radius 3 is 1.07 bits per heavy atom. The van der Waals surface area contributed by atoms with E-state index in [9.17, 15) is 4.57 Å². The maximum Gasteiger partial charge on any atom is 0.244 e. The minimum atomic E-state index is -2.84. The maximum atomic E-state index is 14.9. The Morgan fingerprint density at radius 1 is 0.519 bits per heavy atom. The molecule has 6 rings (SSSR count). The molecule has 0 saturated heterocycles. The quantitative estimate of drug-likeness (QED) is 0.302. The van der Waals surface area contributed by atoms with Gasteiger partial charge in [-0.15, -0.1) is 0 Å². The molecule has 2 bridgehead atoms. The molecular formula is C24H24BOP. The fraction of sp³-hybridized carbons (Fsp3) is 0.250. The molecule has 0 N–H and O–H groups in total. The van der Waals surface area contributed by atoms with Crippen LogP contribution in [0.1, 0.15) is 33.4 Å². The van der Waals surface area contributed by atoms with Crippen LogP contribution < -0.4 is 32.3 Å². The van der Waals surface area contributed by atoms with Gasteiger partial charge >= 0.3 is 0 Å². The summed E-state index contributed by atoms with van der Waals surface area (Å²) < 4.78 is 14.9. The topological polar surface area (TPSA) is 17.1 Å². The van der Waals surface area contributed by atoms with Crippen molar-refractivity contribution in [3.63, 3.8) is 0 Å². The first-order valence-corrected chi connectivity index (χ1v) is 11.4. The molecule has 0 spiro atoms. The molecule has 1 nitrogen and oxygen atoms in total. The van der Waals surface area contributed by atoms with Gasteiger partial charge in [-0.05, 0) is 93.1 Å². The fourth-order valence-electron chi connectivity index (χ4n) is 4.87. The third kappa shape index (κ3) is 2.00. The van der Waals surface area contributed by atoms with E-state index in [0.717, 1.165) is 15.9 Å². The average Bonchev–Trinajstić information content (AvgIpc) is 2.60. The van der Waals surface area contributed by atoms with Crippen LogP contribution in [0.25, 0.3) is 0 Å².